The lowest BCUT2D eigenvalue weighted by Crippen LogP contribution is -1.97. The van der Waals surface area contributed by atoms with Gasteiger partial charge >= 0.3 is 0 Å². The van der Waals surface area contributed by atoms with E-state index in [0.29, 0.717) is 11.3 Å². The third-order valence-corrected chi connectivity index (χ3v) is 1.40. The number of hydrogen-bond donors (Lipinski definition) is 0. The Morgan fingerprint density at radius 1 is 1.50 bits per heavy atom. The quantitative estimate of drug-likeness (QED) is 0.696. The number of alkyl halides is 2. The summed E-state index contributed by atoms with van der Waals surface area (Å²) >= 11 is 0. The molecule has 0 aliphatic heterocycles. The van der Waals surface area contributed by atoms with Crippen molar-refractivity contribution in [3.8, 4) is 5.75 Å². The predicted octanol–water partition coefficient (Wildman–Crippen LogP) is 1.90. The van der Waals surface area contributed by atoms with Crippen LogP contribution < -0.4 is 4.74 Å². The molecular formula is C8H9F2NO. The molecule has 0 radical (unpaired) electrons. The molecule has 1 rings (SSSR count). The molecule has 4 heteroatoms. The van der Waals surface area contributed by atoms with Crippen LogP contribution in [0.25, 0.3) is 0 Å². The highest BCUT2D eigenvalue weighted by molar-refractivity contribution is 5.23. The van der Waals surface area contributed by atoms with Gasteiger partial charge in [0.25, 0.3) is 0 Å². The average Bonchev–Trinajstić information content (AvgIpc) is 2.03. The van der Waals surface area contributed by atoms with Crippen LogP contribution in [0.4, 0.5) is 8.78 Å². The highest BCUT2D eigenvalue weighted by atomic mass is 19.3. The Labute approximate surface area is 69.2 Å². The number of aromatic nitrogens is 1. The number of halogens is 2. The van der Waals surface area contributed by atoms with Crippen molar-refractivity contribution in [1.29, 1.82) is 0 Å². The molecule has 2 nitrogen and oxygen atoms in total. The first-order valence-electron chi connectivity index (χ1n) is 3.48. The molecule has 0 N–H and O–H groups in total. The molecule has 0 saturated carbocycles. The van der Waals surface area contributed by atoms with Gasteiger partial charge in [-0.15, -0.1) is 0 Å². The van der Waals surface area contributed by atoms with E-state index in [-0.39, 0.29) is 6.42 Å². The number of nitrogens with zero attached hydrogens (tertiary/aromatic N) is 1. The second-order valence-electron chi connectivity index (χ2n) is 2.33. The molecule has 1 aromatic rings. The Hall–Kier alpha value is -1.19. The SMILES string of the molecule is COc1cncc(CC(F)F)c1. The van der Waals surface area contributed by atoms with Gasteiger partial charge in [0.2, 0.25) is 6.43 Å². The highest BCUT2D eigenvalue weighted by Gasteiger charge is 2.05. The smallest absolute Gasteiger partial charge is 0.242 e. The van der Waals surface area contributed by atoms with Gasteiger partial charge in [-0.2, -0.15) is 0 Å². The van der Waals surface area contributed by atoms with Crippen molar-refractivity contribution in [2.45, 2.75) is 12.8 Å². The van der Waals surface area contributed by atoms with Gasteiger partial charge in [-0.1, -0.05) is 0 Å². The molecule has 0 atom stereocenters. The molecule has 12 heavy (non-hydrogen) atoms. The zero-order valence-corrected chi connectivity index (χ0v) is 6.63. The summed E-state index contributed by atoms with van der Waals surface area (Å²) in [6.07, 6.45) is 0.285. The van der Waals surface area contributed by atoms with Crippen molar-refractivity contribution < 1.29 is 13.5 Å². The lowest BCUT2D eigenvalue weighted by Gasteiger charge is -2.02. The topological polar surface area (TPSA) is 22.1 Å². The minimum absolute atomic E-state index is 0.274. The lowest BCUT2D eigenvalue weighted by atomic mass is 10.2. The Morgan fingerprint density at radius 3 is 2.83 bits per heavy atom. The third-order valence-electron chi connectivity index (χ3n) is 1.40. The standard InChI is InChI=1S/C8H9F2NO/c1-12-7-2-6(3-8(9)10)4-11-5-7/h2,4-5,8H,3H2,1H3. The van der Waals surface area contributed by atoms with E-state index < -0.39 is 6.43 Å². The van der Waals surface area contributed by atoms with E-state index in [4.69, 9.17) is 4.74 Å². The minimum Gasteiger partial charge on any atom is -0.495 e. The first kappa shape index (κ1) is 8.90. The largest absolute Gasteiger partial charge is 0.495 e. The van der Waals surface area contributed by atoms with Crippen LogP contribution >= 0.6 is 0 Å². The normalized spacial score (nSPS) is 10.3. The van der Waals surface area contributed by atoms with Crippen molar-refractivity contribution in [3.05, 3.63) is 24.0 Å². The summed E-state index contributed by atoms with van der Waals surface area (Å²) in [5.41, 5.74) is 0.490. The van der Waals surface area contributed by atoms with E-state index >= 15 is 0 Å². The van der Waals surface area contributed by atoms with E-state index in [1.807, 2.05) is 0 Å². The van der Waals surface area contributed by atoms with Gasteiger partial charge in [0.15, 0.2) is 0 Å². The molecule has 0 bridgehead atoms. The van der Waals surface area contributed by atoms with Gasteiger partial charge < -0.3 is 4.74 Å². The molecule has 0 amide bonds. The summed E-state index contributed by atoms with van der Waals surface area (Å²) in [5, 5.41) is 0. The van der Waals surface area contributed by atoms with Gasteiger partial charge in [-0.05, 0) is 11.6 Å². The number of pyridine rings is 1. The summed E-state index contributed by atoms with van der Waals surface area (Å²) in [7, 11) is 1.48. The molecule has 0 aromatic carbocycles. The molecule has 0 aliphatic carbocycles. The van der Waals surface area contributed by atoms with Crippen molar-refractivity contribution in [3.63, 3.8) is 0 Å². The van der Waals surface area contributed by atoms with Gasteiger partial charge in [-0.25, -0.2) is 8.78 Å². The summed E-state index contributed by atoms with van der Waals surface area (Å²) in [6, 6.07) is 1.55. The Balaban J connectivity index is 2.72. The molecule has 1 aromatic heterocycles. The fourth-order valence-corrected chi connectivity index (χ4v) is 0.865. The lowest BCUT2D eigenvalue weighted by molar-refractivity contribution is 0.149. The van der Waals surface area contributed by atoms with Gasteiger partial charge in [0.1, 0.15) is 5.75 Å². The molecular weight excluding hydrogens is 164 g/mol. The summed E-state index contributed by atoms with van der Waals surface area (Å²) in [6.45, 7) is 0. The fourth-order valence-electron chi connectivity index (χ4n) is 0.865. The Morgan fingerprint density at radius 2 is 2.25 bits per heavy atom. The van der Waals surface area contributed by atoms with Crippen LogP contribution in [0.3, 0.4) is 0 Å². The van der Waals surface area contributed by atoms with Crippen LogP contribution in [0.15, 0.2) is 18.5 Å². The van der Waals surface area contributed by atoms with Crippen molar-refractivity contribution in [2.75, 3.05) is 7.11 Å². The predicted molar refractivity (Wildman–Crippen MR) is 40.5 cm³/mol. The number of hydrogen-bond acceptors (Lipinski definition) is 2. The van der Waals surface area contributed by atoms with E-state index in [0.717, 1.165) is 0 Å². The maximum atomic E-state index is 11.9. The Bertz CT molecular complexity index is 253. The summed E-state index contributed by atoms with van der Waals surface area (Å²) in [4.78, 5) is 3.75. The first-order valence-corrected chi connectivity index (χ1v) is 3.48. The van der Waals surface area contributed by atoms with Gasteiger partial charge in [0.05, 0.1) is 13.3 Å². The number of rotatable bonds is 3. The van der Waals surface area contributed by atoms with Crippen molar-refractivity contribution in [2.24, 2.45) is 0 Å². The number of ether oxygens (including phenoxy) is 1. The van der Waals surface area contributed by atoms with E-state index in [9.17, 15) is 8.78 Å². The second-order valence-corrected chi connectivity index (χ2v) is 2.33. The van der Waals surface area contributed by atoms with Crippen LogP contribution in [-0.2, 0) is 6.42 Å². The zero-order valence-electron chi connectivity index (χ0n) is 6.63. The molecule has 0 saturated heterocycles. The first-order chi connectivity index (χ1) is 5.72. The van der Waals surface area contributed by atoms with Crippen LogP contribution in [-0.4, -0.2) is 18.5 Å². The maximum Gasteiger partial charge on any atom is 0.242 e. The fraction of sp³-hybridized carbons (Fsp3) is 0.375. The van der Waals surface area contributed by atoms with Crippen LogP contribution in [0.5, 0.6) is 5.75 Å². The zero-order chi connectivity index (χ0) is 8.97. The molecule has 1 heterocycles. The van der Waals surface area contributed by atoms with Crippen LogP contribution in [0, 0.1) is 0 Å². The molecule has 0 fully saturated rings. The van der Waals surface area contributed by atoms with E-state index in [1.54, 1.807) is 6.07 Å². The highest BCUT2D eigenvalue weighted by Crippen LogP contribution is 2.13. The van der Waals surface area contributed by atoms with Crippen LogP contribution in [0.1, 0.15) is 5.56 Å². The molecule has 66 valence electrons. The molecule has 0 aliphatic rings. The third kappa shape index (κ3) is 2.45. The van der Waals surface area contributed by atoms with Crippen molar-refractivity contribution >= 4 is 0 Å². The van der Waals surface area contributed by atoms with E-state index in [1.165, 1.54) is 19.5 Å². The molecule has 0 spiro atoms. The molecule has 0 unspecified atom stereocenters. The summed E-state index contributed by atoms with van der Waals surface area (Å²) < 4.78 is 28.6. The number of methoxy groups -OCH3 is 1. The summed E-state index contributed by atoms with van der Waals surface area (Å²) in [5.74, 6) is 0.508. The monoisotopic (exact) mass is 173 g/mol. The van der Waals surface area contributed by atoms with Crippen LogP contribution in [0.2, 0.25) is 0 Å². The average molecular weight is 173 g/mol. The van der Waals surface area contributed by atoms with Crippen molar-refractivity contribution in [1.82, 2.24) is 4.98 Å². The second kappa shape index (κ2) is 3.99. The van der Waals surface area contributed by atoms with E-state index in [2.05, 4.69) is 4.98 Å². The Kier molecular flexibility index (Phi) is 2.96. The van der Waals surface area contributed by atoms with Gasteiger partial charge in [-0.3, -0.25) is 4.98 Å². The minimum atomic E-state index is -2.33. The van der Waals surface area contributed by atoms with Gasteiger partial charge in [0, 0.05) is 12.6 Å². The maximum absolute atomic E-state index is 11.9.